The first-order chi connectivity index (χ1) is 10.0. The Kier molecular flexibility index (Phi) is 5.07. The summed E-state index contributed by atoms with van der Waals surface area (Å²) in [4.78, 5) is 13.6. The minimum Gasteiger partial charge on any atom is -0.337 e. The molecular formula is C16H14BrF2NO. The quantitative estimate of drug-likeness (QED) is 0.756. The summed E-state index contributed by atoms with van der Waals surface area (Å²) < 4.78 is 26.4. The Morgan fingerprint density at radius 1 is 1.14 bits per heavy atom. The summed E-state index contributed by atoms with van der Waals surface area (Å²) in [7, 11) is 1.59. The normalized spacial score (nSPS) is 10.5. The van der Waals surface area contributed by atoms with Gasteiger partial charge in [-0.05, 0) is 23.8 Å². The highest BCUT2D eigenvalue weighted by Gasteiger charge is 2.14. The van der Waals surface area contributed by atoms with Crippen LogP contribution in [-0.2, 0) is 11.9 Å². The summed E-state index contributed by atoms with van der Waals surface area (Å²) in [5.74, 6) is -1.49. The first-order valence-corrected chi connectivity index (χ1v) is 7.47. The van der Waals surface area contributed by atoms with Crippen molar-refractivity contribution in [2.75, 3.05) is 7.05 Å². The summed E-state index contributed by atoms with van der Waals surface area (Å²) in [5, 5.41) is 0.720. The molecule has 0 bridgehead atoms. The van der Waals surface area contributed by atoms with Gasteiger partial charge in [0.2, 0.25) is 0 Å². The van der Waals surface area contributed by atoms with Crippen molar-refractivity contribution in [1.82, 2.24) is 4.90 Å². The topological polar surface area (TPSA) is 20.3 Å². The molecule has 2 aromatic rings. The number of hydrogen-bond donors (Lipinski definition) is 0. The summed E-state index contributed by atoms with van der Waals surface area (Å²) in [6.07, 6.45) is 0. The second-order valence-corrected chi connectivity index (χ2v) is 5.29. The molecule has 0 aliphatic carbocycles. The summed E-state index contributed by atoms with van der Waals surface area (Å²) in [6, 6.07) is 10.5. The summed E-state index contributed by atoms with van der Waals surface area (Å²) in [6.45, 7) is 0.0884. The molecule has 2 nitrogen and oxygen atoms in total. The highest BCUT2D eigenvalue weighted by atomic mass is 79.9. The second kappa shape index (κ2) is 6.80. The van der Waals surface area contributed by atoms with Crippen LogP contribution < -0.4 is 0 Å². The van der Waals surface area contributed by atoms with Gasteiger partial charge in [0.15, 0.2) is 0 Å². The molecule has 110 valence electrons. The number of amides is 1. The van der Waals surface area contributed by atoms with E-state index < -0.39 is 11.6 Å². The molecule has 21 heavy (non-hydrogen) atoms. The van der Waals surface area contributed by atoms with Gasteiger partial charge < -0.3 is 4.90 Å². The lowest BCUT2D eigenvalue weighted by Gasteiger charge is -2.18. The van der Waals surface area contributed by atoms with Crippen LogP contribution in [0, 0.1) is 11.6 Å². The third-order valence-corrected chi connectivity index (χ3v) is 3.77. The van der Waals surface area contributed by atoms with Crippen molar-refractivity contribution < 1.29 is 13.6 Å². The van der Waals surface area contributed by atoms with Crippen LogP contribution in [0.25, 0.3) is 0 Å². The number of nitrogens with zero attached hydrogens (tertiary/aromatic N) is 1. The zero-order valence-electron chi connectivity index (χ0n) is 11.4. The Bertz CT molecular complexity index is 643. The van der Waals surface area contributed by atoms with Crippen LogP contribution in [-0.4, -0.2) is 17.9 Å². The van der Waals surface area contributed by atoms with Crippen molar-refractivity contribution in [2.24, 2.45) is 0 Å². The van der Waals surface area contributed by atoms with Crippen LogP contribution in [0.3, 0.4) is 0 Å². The van der Waals surface area contributed by atoms with E-state index in [1.54, 1.807) is 19.2 Å². The first-order valence-electron chi connectivity index (χ1n) is 6.35. The highest BCUT2D eigenvalue weighted by molar-refractivity contribution is 9.08. The minimum absolute atomic E-state index is 0.0884. The Morgan fingerprint density at radius 3 is 2.38 bits per heavy atom. The maximum absolute atomic E-state index is 13.6. The fourth-order valence-corrected chi connectivity index (χ4v) is 2.31. The minimum atomic E-state index is -0.649. The van der Waals surface area contributed by atoms with E-state index in [4.69, 9.17) is 0 Å². The van der Waals surface area contributed by atoms with Crippen molar-refractivity contribution in [3.8, 4) is 0 Å². The van der Waals surface area contributed by atoms with Gasteiger partial charge in [-0.25, -0.2) is 8.78 Å². The number of alkyl halides is 1. The molecule has 0 aliphatic rings. The maximum atomic E-state index is 13.6. The van der Waals surface area contributed by atoms with Crippen molar-refractivity contribution in [2.45, 2.75) is 11.9 Å². The van der Waals surface area contributed by atoms with E-state index in [0.717, 1.165) is 17.0 Å². The van der Waals surface area contributed by atoms with Crippen LogP contribution in [0.5, 0.6) is 0 Å². The molecule has 0 heterocycles. The Hall–Kier alpha value is -1.75. The molecule has 0 radical (unpaired) electrons. The lowest BCUT2D eigenvalue weighted by atomic mass is 10.1. The Morgan fingerprint density at radius 2 is 1.81 bits per heavy atom. The van der Waals surface area contributed by atoms with E-state index >= 15 is 0 Å². The van der Waals surface area contributed by atoms with Crippen molar-refractivity contribution in [3.63, 3.8) is 0 Å². The van der Waals surface area contributed by atoms with E-state index in [9.17, 15) is 13.6 Å². The zero-order valence-corrected chi connectivity index (χ0v) is 13.0. The Balaban J connectivity index is 2.11. The lowest BCUT2D eigenvalue weighted by Crippen LogP contribution is -2.26. The molecule has 0 aliphatic heterocycles. The number of hydrogen-bond acceptors (Lipinski definition) is 1. The second-order valence-electron chi connectivity index (χ2n) is 4.73. The Labute approximate surface area is 130 Å². The van der Waals surface area contributed by atoms with Gasteiger partial charge in [0.25, 0.3) is 5.91 Å². The third kappa shape index (κ3) is 3.88. The van der Waals surface area contributed by atoms with E-state index in [2.05, 4.69) is 15.9 Å². The molecule has 2 rings (SSSR count). The van der Waals surface area contributed by atoms with Crippen molar-refractivity contribution in [1.29, 1.82) is 0 Å². The van der Waals surface area contributed by atoms with Crippen LogP contribution >= 0.6 is 15.9 Å². The molecule has 1 amide bonds. The average molecular weight is 354 g/mol. The molecule has 0 spiro atoms. The van der Waals surface area contributed by atoms with Gasteiger partial charge in [0.1, 0.15) is 11.6 Å². The van der Waals surface area contributed by atoms with Gasteiger partial charge in [0.05, 0.1) is 0 Å². The predicted molar refractivity (Wildman–Crippen MR) is 81.2 cm³/mol. The molecule has 0 N–H and O–H groups in total. The number of carbonyl (C=O) groups excluding carboxylic acids is 1. The van der Waals surface area contributed by atoms with Gasteiger partial charge in [-0.3, -0.25) is 4.79 Å². The zero-order chi connectivity index (χ0) is 15.4. The van der Waals surface area contributed by atoms with Gasteiger partial charge in [-0.15, -0.1) is 0 Å². The molecule has 0 fully saturated rings. The predicted octanol–water partition coefficient (Wildman–Crippen LogP) is 4.13. The SMILES string of the molecule is CN(Cc1ccc(F)cc1F)C(=O)c1ccc(CBr)cc1. The molecular weight excluding hydrogens is 340 g/mol. The molecule has 0 unspecified atom stereocenters. The monoisotopic (exact) mass is 353 g/mol. The summed E-state index contributed by atoms with van der Waals surface area (Å²) >= 11 is 3.34. The number of benzene rings is 2. The fraction of sp³-hybridized carbons (Fsp3) is 0.188. The summed E-state index contributed by atoms with van der Waals surface area (Å²) in [5.41, 5.74) is 1.88. The molecule has 0 aromatic heterocycles. The molecule has 2 aromatic carbocycles. The van der Waals surface area contributed by atoms with Gasteiger partial charge >= 0.3 is 0 Å². The van der Waals surface area contributed by atoms with Gasteiger partial charge in [-0.1, -0.05) is 34.1 Å². The van der Waals surface area contributed by atoms with Crippen LogP contribution in [0.15, 0.2) is 42.5 Å². The number of halogens is 3. The van der Waals surface area contributed by atoms with Crippen LogP contribution in [0.4, 0.5) is 8.78 Å². The van der Waals surface area contributed by atoms with E-state index in [-0.39, 0.29) is 18.0 Å². The number of rotatable bonds is 4. The van der Waals surface area contributed by atoms with Gasteiger partial charge in [-0.2, -0.15) is 0 Å². The first kappa shape index (κ1) is 15.6. The van der Waals surface area contributed by atoms with Crippen molar-refractivity contribution >= 4 is 21.8 Å². The smallest absolute Gasteiger partial charge is 0.253 e. The molecule has 0 atom stereocenters. The van der Waals surface area contributed by atoms with E-state index in [0.29, 0.717) is 5.56 Å². The highest BCUT2D eigenvalue weighted by Crippen LogP contribution is 2.14. The molecule has 0 saturated heterocycles. The lowest BCUT2D eigenvalue weighted by molar-refractivity contribution is 0.0784. The standard InChI is InChI=1S/C16H14BrF2NO/c1-20(10-13-6-7-14(18)8-15(13)19)16(21)12-4-2-11(9-17)3-5-12/h2-8H,9-10H2,1H3. The van der Waals surface area contributed by atoms with Crippen LogP contribution in [0.2, 0.25) is 0 Å². The molecule has 5 heteroatoms. The number of carbonyl (C=O) groups is 1. The van der Waals surface area contributed by atoms with E-state index in [1.807, 2.05) is 12.1 Å². The average Bonchev–Trinajstić information content (AvgIpc) is 2.49. The molecule has 0 saturated carbocycles. The maximum Gasteiger partial charge on any atom is 0.253 e. The largest absolute Gasteiger partial charge is 0.337 e. The van der Waals surface area contributed by atoms with E-state index in [1.165, 1.54) is 17.0 Å². The van der Waals surface area contributed by atoms with Gasteiger partial charge in [0, 0.05) is 36.1 Å². The van der Waals surface area contributed by atoms with Crippen molar-refractivity contribution in [3.05, 3.63) is 70.8 Å². The van der Waals surface area contributed by atoms with Crippen LogP contribution in [0.1, 0.15) is 21.5 Å². The fourth-order valence-electron chi connectivity index (χ4n) is 1.93. The third-order valence-electron chi connectivity index (χ3n) is 3.12.